The Balaban J connectivity index is 2.36. The fraction of sp³-hybridized carbons (Fsp3) is 0. The van der Waals surface area contributed by atoms with Crippen molar-refractivity contribution in [3.8, 4) is 11.5 Å². The van der Waals surface area contributed by atoms with Gasteiger partial charge in [0.05, 0.1) is 4.90 Å². The van der Waals surface area contributed by atoms with Gasteiger partial charge in [-0.2, -0.15) is 0 Å². The maximum Gasteiger partial charge on any atom is 0.247 e. The third-order valence-corrected chi connectivity index (χ3v) is 2.34. The van der Waals surface area contributed by atoms with Gasteiger partial charge < -0.3 is 8.97 Å². The molecule has 5 nitrogen and oxygen atoms in total. The van der Waals surface area contributed by atoms with Crippen LogP contribution >= 0.6 is 0 Å². The molecule has 6 heteroatoms. The van der Waals surface area contributed by atoms with Gasteiger partial charge in [0, 0.05) is 5.56 Å². The standard InChI is InChI=1S/C8H6N2O3S/c11-14(12)7-3-1-6(2-4-7)8-10-9-5-13-8/h1-5H,(H,11,12). The van der Waals surface area contributed by atoms with Crippen molar-refractivity contribution >= 4 is 11.1 Å². The van der Waals surface area contributed by atoms with Gasteiger partial charge in [0.2, 0.25) is 12.3 Å². The average molecular weight is 210 g/mol. The molecule has 1 aromatic carbocycles. The zero-order chi connectivity index (χ0) is 9.97. The van der Waals surface area contributed by atoms with E-state index in [4.69, 9.17) is 8.97 Å². The third-order valence-electron chi connectivity index (χ3n) is 1.66. The van der Waals surface area contributed by atoms with Gasteiger partial charge in [-0.25, -0.2) is 4.21 Å². The van der Waals surface area contributed by atoms with Crippen molar-refractivity contribution in [3.05, 3.63) is 30.7 Å². The maximum atomic E-state index is 10.7. The highest BCUT2D eigenvalue weighted by Crippen LogP contribution is 2.17. The number of nitrogens with zero attached hydrogens (tertiary/aromatic N) is 2. The van der Waals surface area contributed by atoms with Gasteiger partial charge in [-0.1, -0.05) is 0 Å². The SMILES string of the molecule is O=S(O)c1ccc(-c2nnco2)cc1. The van der Waals surface area contributed by atoms with Crippen LogP contribution in [0.2, 0.25) is 0 Å². The number of aromatic nitrogens is 2. The van der Waals surface area contributed by atoms with E-state index < -0.39 is 11.1 Å². The summed E-state index contributed by atoms with van der Waals surface area (Å²) in [7, 11) is 0. The van der Waals surface area contributed by atoms with Gasteiger partial charge in [-0.3, -0.25) is 0 Å². The summed E-state index contributed by atoms with van der Waals surface area (Å²) in [5, 5.41) is 7.24. The zero-order valence-corrected chi connectivity index (χ0v) is 7.77. The molecule has 0 aliphatic heterocycles. The Hall–Kier alpha value is -1.53. The molecule has 1 N–H and O–H groups in total. The van der Waals surface area contributed by atoms with Crippen molar-refractivity contribution < 1.29 is 13.2 Å². The van der Waals surface area contributed by atoms with Crippen LogP contribution in [-0.2, 0) is 11.1 Å². The summed E-state index contributed by atoms with van der Waals surface area (Å²) in [6.07, 6.45) is 1.23. The molecule has 0 bridgehead atoms. The van der Waals surface area contributed by atoms with Gasteiger partial charge >= 0.3 is 0 Å². The topological polar surface area (TPSA) is 76.2 Å². The van der Waals surface area contributed by atoms with Crippen molar-refractivity contribution in [2.45, 2.75) is 4.90 Å². The van der Waals surface area contributed by atoms with Crippen LogP contribution in [0.5, 0.6) is 0 Å². The van der Waals surface area contributed by atoms with E-state index in [-0.39, 0.29) is 0 Å². The van der Waals surface area contributed by atoms with Crippen molar-refractivity contribution in [3.63, 3.8) is 0 Å². The molecule has 0 radical (unpaired) electrons. The summed E-state index contributed by atoms with van der Waals surface area (Å²) in [5.41, 5.74) is 0.719. The van der Waals surface area contributed by atoms with E-state index in [1.54, 1.807) is 12.1 Å². The number of hydrogen-bond donors (Lipinski definition) is 1. The Morgan fingerprint density at radius 2 is 2.00 bits per heavy atom. The van der Waals surface area contributed by atoms with Crippen molar-refractivity contribution in [2.24, 2.45) is 0 Å². The molecule has 1 unspecified atom stereocenters. The monoisotopic (exact) mass is 210 g/mol. The predicted molar refractivity (Wildman–Crippen MR) is 48.8 cm³/mol. The van der Waals surface area contributed by atoms with Crippen LogP contribution in [0.25, 0.3) is 11.5 Å². The first-order chi connectivity index (χ1) is 6.77. The Labute approximate surface area is 82.1 Å². The van der Waals surface area contributed by atoms with Crippen molar-refractivity contribution in [2.75, 3.05) is 0 Å². The minimum absolute atomic E-state index is 0.341. The molecule has 2 aromatic rings. The summed E-state index contributed by atoms with van der Waals surface area (Å²) in [4.78, 5) is 0.341. The van der Waals surface area contributed by atoms with Crippen molar-refractivity contribution in [1.29, 1.82) is 0 Å². The van der Waals surface area contributed by atoms with Gasteiger partial charge in [0.15, 0.2) is 11.1 Å². The molecule has 0 saturated heterocycles. The van der Waals surface area contributed by atoms with Crippen LogP contribution in [0, 0.1) is 0 Å². The fourth-order valence-corrected chi connectivity index (χ4v) is 1.38. The Kier molecular flexibility index (Phi) is 2.38. The molecular weight excluding hydrogens is 204 g/mol. The lowest BCUT2D eigenvalue weighted by Gasteiger charge is -1.96. The average Bonchev–Trinajstić information content (AvgIpc) is 2.71. The van der Waals surface area contributed by atoms with Crippen LogP contribution in [0.3, 0.4) is 0 Å². The van der Waals surface area contributed by atoms with E-state index in [9.17, 15) is 4.21 Å². The van der Waals surface area contributed by atoms with Gasteiger partial charge in [0.25, 0.3) is 0 Å². The largest absolute Gasteiger partial charge is 0.423 e. The number of hydrogen-bond acceptors (Lipinski definition) is 4. The minimum atomic E-state index is -1.95. The van der Waals surface area contributed by atoms with Crippen molar-refractivity contribution in [1.82, 2.24) is 10.2 Å². The van der Waals surface area contributed by atoms with Gasteiger partial charge in [0.1, 0.15) is 0 Å². The molecule has 2 rings (SSSR count). The number of rotatable bonds is 2. The minimum Gasteiger partial charge on any atom is -0.423 e. The third kappa shape index (κ3) is 1.70. The highest BCUT2D eigenvalue weighted by molar-refractivity contribution is 7.79. The van der Waals surface area contributed by atoms with E-state index >= 15 is 0 Å². The smallest absolute Gasteiger partial charge is 0.247 e. The Bertz CT molecular complexity index is 438. The zero-order valence-electron chi connectivity index (χ0n) is 6.95. The summed E-state index contributed by atoms with van der Waals surface area (Å²) < 4.78 is 24.4. The quantitative estimate of drug-likeness (QED) is 0.756. The normalized spacial score (nSPS) is 12.6. The second kappa shape index (κ2) is 3.69. The van der Waals surface area contributed by atoms with Crippen LogP contribution in [-0.4, -0.2) is 19.0 Å². The first-order valence-corrected chi connectivity index (χ1v) is 4.85. The molecule has 14 heavy (non-hydrogen) atoms. The van der Waals surface area contributed by atoms with Crippen LogP contribution in [0.1, 0.15) is 0 Å². The fourth-order valence-electron chi connectivity index (χ4n) is 1.01. The van der Waals surface area contributed by atoms with Gasteiger partial charge in [-0.15, -0.1) is 10.2 Å². The summed E-state index contributed by atoms with van der Waals surface area (Å²) >= 11 is -1.95. The molecule has 0 spiro atoms. The molecule has 1 atom stereocenters. The number of benzene rings is 1. The molecule has 72 valence electrons. The second-order valence-corrected chi connectivity index (χ2v) is 3.49. The highest BCUT2D eigenvalue weighted by atomic mass is 32.2. The molecule has 0 fully saturated rings. The summed E-state index contributed by atoms with van der Waals surface area (Å²) in [5.74, 6) is 0.389. The lowest BCUT2D eigenvalue weighted by Crippen LogP contribution is -1.87. The predicted octanol–water partition coefficient (Wildman–Crippen LogP) is 1.32. The van der Waals surface area contributed by atoms with E-state index in [1.807, 2.05) is 0 Å². The molecule has 1 aromatic heterocycles. The molecule has 0 aliphatic carbocycles. The van der Waals surface area contributed by atoms with Crippen LogP contribution < -0.4 is 0 Å². The first-order valence-electron chi connectivity index (χ1n) is 3.75. The van der Waals surface area contributed by atoms with Crippen LogP contribution in [0.15, 0.2) is 40.0 Å². The van der Waals surface area contributed by atoms with Crippen LogP contribution in [0.4, 0.5) is 0 Å². The first kappa shape index (κ1) is 9.04. The Morgan fingerprint density at radius 1 is 1.29 bits per heavy atom. The second-order valence-electron chi connectivity index (χ2n) is 2.52. The summed E-state index contributed by atoms with van der Waals surface area (Å²) in [6, 6.07) is 6.37. The molecule has 0 saturated carbocycles. The molecule has 0 amide bonds. The van der Waals surface area contributed by atoms with E-state index in [0.717, 1.165) is 5.56 Å². The molecular formula is C8H6N2O3S. The highest BCUT2D eigenvalue weighted by Gasteiger charge is 2.04. The maximum absolute atomic E-state index is 10.7. The lowest BCUT2D eigenvalue weighted by molar-refractivity contribution is 0.563. The Morgan fingerprint density at radius 3 is 2.50 bits per heavy atom. The molecule has 0 aliphatic rings. The molecule has 1 heterocycles. The lowest BCUT2D eigenvalue weighted by atomic mass is 10.2. The van der Waals surface area contributed by atoms with E-state index in [2.05, 4.69) is 10.2 Å². The van der Waals surface area contributed by atoms with E-state index in [1.165, 1.54) is 18.5 Å². The summed E-state index contributed by atoms with van der Waals surface area (Å²) in [6.45, 7) is 0. The van der Waals surface area contributed by atoms with Gasteiger partial charge in [-0.05, 0) is 24.3 Å². The van der Waals surface area contributed by atoms with E-state index in [0.29, 0.717) is 10.8 Å².